The molecule has 2 aromatic carbocycles. The van der Waals surface area contributed by atoms with E-state index in [4.69, 9.17) is 5.73 Å². The number of hydrogen-bond acceptors (Lipinski definition) is 1. The second-order valence-electron chi connectivity index (χ2n) is 3.72. The molecule has 0 aromatic heterocycles. The molecule has 1 nitrogen and oxygen atoms in total. The highest BCUT2D eigenvalue weighted by Gasteiger charge is 2.17. The van der Waals surface area contributed by atoms with Gasteiger partial charge >= 0.3 is 0 Å². The maximum absolute atomic E-state index is 13.9. The zero-order valence-electron chi connectivity index (χ0n) is 9.18. The van der Waals surface area contributed by atoms with E-state index in [-0.39, 0.29) is 22.1 Å². The fourth-order valence-corrected chi connectivity index (χ4v) is 2.06. The summed E-state index contributed by atoms with van der Waals surface area (Å²) in [6.45, 7) is 0.0704. The first-order valence-corrected chi connectivity index (χ1v) is 5.96. The molecule has 0 aliphatic carbocycles. The monoisotopic (exact) mass is 315 g/mol. The molecule has 0 saturated carbocycles. The van der Waals surface area contributed by atoms with Gasteiger partial charge in [0.1, 0.15) is 17.5 Å². The quantitative estimate of drug-likeness (QED) is 0.833. The first-order valence-electron chi connectivity index (χ1n) is 5.17. The number of halogens is 4. The van der Waals surface area contributed by atoms with Crippen molar-refractivity contribution < 1.29 is 13.2 Å². The van der Waals surface area contributed by atoms with Crippen LogP contribution in [-0.4, -0.2) is 0 Å². The van der Waals surface area contributed by atoms with E-state index < -0.39 is 17.5 Å². The maximum atomic E-state index is 13.9. The minimum atomic E-state index is -0.768. The van der Waals surface area contributed by atoms with E-state index >= 15 is 0 Å². The van der Waals surface area contributed by atoms with Gasteiger partial charge in [0.05, 0.1) is 10.0 Å². The first-order chi connectivity index (χ1) is 8.54. The standard InChI is InChI=1S/C13H9BrF3N/c14-10-3-4-11(16)12(13(10)17)9-5-8(15)2-1-7(9)6-18/h1-5H,6,18H2. The van der Waals surface area contributed by atoms with Crippen molar-refractivity contribution in [1.82, 2.24) is 0 Å². The van der Waals surface area contributed by atoms with E-state index in [0.717, 1.165) is 12.1 Å². The van der Waals surface area contributed by atoms with Crippen LogP contribution in [0.5, 0.6) is 0 Å². The lowest BCUT2D eigenvalue weighted by Gasteiger charge is -2.11. The SMILES string of the molecule is NCc1ccc(F)cc1-c1c(F)ccc(Br)c1F. The summed E-state index contributed by atoms with van der Waals surface area (Å²) in [6.07, 6.45) is 0. The molecule has 2 aromatic rings. The molecule has 2 rings (SSSR count). The summed E-state index contributed by atoms with van der Waals surface area (Å²) < 4.78 is 41.0. The predicted octanol–water partition coefficient (Wildman–Crippen LogP) is 3.99. The molecule has 0 aliphatic heterocycles. The highest BCUT2D eigenvalue weighted by Crippen LogP contribution is 2.33. The Morgan fingerprint density at radius 3 is 2.44 bits per heavy atom. The number of nitrogens with two attached hydrogens (primary N) is 1. The number of benzene rings is 2. The zero-order chi connectivity index (χ0) is 13.3. The molecule has 94 valence electrons. The van der Waals surface area contributed by atoms with Crippen LogP contribution in [0, 0.1) is 17.5 Å². The van der Waals surface area contributed by atoms with Gasteiger partial charge < -0.3 is 5.73 Å². The van der Waals surface area contributed by atoms with Gasteiger partial charge in [0.15, 0.2) is 0 Å². The van der Waals surface area contributed by atoms with Crippen LogP contribution in [0.3, 0.4) is 0 Å². The molecule has 0 aliphatic rings. The second kappa shape index (κ2) is 5.12. The normalized spacial score (nSPS) is 10.7. The van der Waals surface area contributed by atoms with Crippen LogP contribution in [0.1, 0.15) is 5.56 Å². The van der Waals surface area contributed by atoms with Crippen molar-refractivity contribution in [3.8, 4) is 11.1 Å². The molecule has 0 saturated heterocycles. The summed E-state index contributed by atoms with van der Waals surface area (Å²) in [4.78, 5) is 0. The zero-order valence-corrected chi connectivity index (χ0v) is 10.8. The van der Waals surface area contributed by atoms with Crippen molar-refractivity contribution in [3.63, 3.8) is 0 Å². The highest BCUT2D eigenvalue weighted by molar-refractivity contribution is 9.10. The highest BCUT2D eigenvalue weighted by atomic mass is 79.9. The molecule has 0 heterocycles. The fourth-order valence-electron chi connectivity index (χ4n) is 1.73. The van der Waals surface area contributed by atoms with Gasteiger partial charge in [0, 0.05) is 6.54 Å². The van der Waals surface area contributed by atoms with E-state index in [9.17, 15) is 13.2 Å². The maximum Gasteiger partial charge on any atom is 0.148 e. The van der Waals surface area contributed by atoms with E-state index in [1.807, 2.05) is 0 Å². The third-order valence-corrected chi connectivity index (χ3v) is 3.22. The number of rotatable bonds is 2. The van der Waals surface area contributed by atoms with Gasteiger partial charge in [-0.15, -0.1) is 0 Å². The summed E-state index contributed by atoms with van der Waals surface area (Å²) in [5.74, 6) is -2.09. The van der Waals surface area contributed by atoms with Crippen molar-refractivity contribution in [1.29, 1.82) is 0 Å². The van der Waals surface area contributed by atoms with Gasteiger partial charge in [-0.1, -0.05) is 6.07 Å². The third-order valence-electron chi connectivity index (χ3n) is 2.61. The minimum absolute atomic E-state index is 0.0704. The Kier molecular flexibility index (Phi) is 3.73. The van der Waals surface area contributed by atoms with Gasteiger partial charge in [-0.2, -0.15) is 0 Å². The average Bonchev–Trinajstić information content (AvgIpc) is 2.35. The molecule has 0 radical (unpaired) electrons. The summed E-state index contributed by atoms with van der Waals surface area (Å²) in [7, 11) is 0. The van der Waals surface area contributed by atoms with Gasteiger partial charge in [0.2, 0.25) is 0 Å². The topological polar surface area (TPSA) is 26.0 Å². The average molecular weight is 316 g/mol. The van der Waals surface area contributed by atoms with Crippen molar-refractivity contribution in [2.24, 2.45) is 5.73 Å². The Labute approximate surface area is 111 Å². The lowest BCUT2D eigenvalue weighted by Crippen LogP contribution is -2.02. The molecule has 2 N–H and O–H groups in total. The minimum Gasteiger partial charge on any atom is -0.326 e. The molecular formula is C13H9BrF3N. The van der Waals surface area contributed by atoms with E-state index in [1.165, 1.54) is 18.2 Å². The third kappa shape index (κ3) is 2.28. The largest absolute Gasteiger partial charge is 0.326 e. The van der Waals surface area contributed by atoms with Crippen molar-refractivity contribution >= 4 is 15.9 Å². The predicted molar refractivity (Wildman–Crippen MR) is 67.3 cm³/mol. The number of hydrogen-bond donors (Lipinski definition) is 1. The Hall–Kier alpha value is -1.33. The van der Waals surface area contributed by atoms with Crippen molar-refractivity contribution in [2.45, 2.75) is 6.54 Å². The Bertz CT molecular complexity index is 599. The lowest BCUT2D eigenvalue weighted by molar-refractivity contribution is 0.584. The summed E-state index contributed by atoms with van der Waals surface area (Å²) in [5, 5.41) is 0. The molecule has 18 heavy (non-hydrogen) atoms. The van der Waals surface area contributed by atoms with Crippen LogP contribution in [-0.2, 0) is 6.54 Å². The molecular weight excluding hydrogens is 307 g/mol. The summed E-state index contributed by atoms with van der Waals surface area (Å²) in [6, 6.07) is 6.09. The second-order valence-corrected chi connectivity index (χ2v) is 4.58. The molecule has 0 atom stereocenters. The molecule has 0 amide bonds. The van der Waals surface area contributed by atoms with E-state index in [2.05, 4.69) is 15.9 Å². The van der Waals surface area contributed by atoms with Crippen molar-refractivity contribution in [3.05, 3.63) is 57.8 Å². The smallest absolute Gasteiger partial charge is 0.148 e. The summed E-state index contributed by atoms with van der Waals surface area (Å²) in [5.41, 5.74) is 5.84. The van der Waals surface area contributed by atoms with Crippen LogP contribution in [0.15, 0.2) is 34.8 Å². The van der Waals surface area contributed by atoms with Crippen LogP contribution in [0.4, 0.5) is 13.2 Å². The van der Waals surface area contributed by atoms with Crippen LogP contribution < -0.4 is 5.73 Å². The van der Waals surface area contributed by atoms with Crippen LogP contribution in [0.25, 0.3) is 11.1 Å². The van der Waals surface area contributed by atoms with Gasteiger partial charge in [0.25, 0.3) is 0 Å². The van der Waals surface area contributed by atoms with Gasteiger partial charge in [-0.3, -0.25) is 0 Å². The fraction of sp³-hybridized carbons (Fsp3) is 0.0769. The molecule has 5 heteroatoms. The Morgan fingerprint density at radius 1 is 1.06 bits per heavy atom. The van der Waals surface area contributed by atoms with Gasteiger partial charge in [-0.25, -0.2) is 13.2 Å². The molecule has 0 bridgehead atoms. The lowest BCUT2D eigenvalue weighted by atomic mass is 9.98. The van der Waals surface area contributed by atoms with E-state index in [1.54, 1.807) is 0 Å². The molecule has 0 spiro atoms. The molecule has 0 fully saturated rings. The van der Waals surface area contributed by atoms with Crippen LogP contribution in [0.2, 0.25) is 0 Å². The van der Waals surface area contributed by atoms with E-state index in [0.29, 0.717) is 5.56 Å². The molecule has 0 unspecified atom stereocenters. The van der Waals surface area contributed by atoms with Crippen LogP contribution >= 0.6 is 15.9 Å². The first kappa shape index (κ1) is 13.1. The van der Waals surface area contributed by atoms with Crippen molar-refractivity contribution in [2.75, 3.05) is 0 Å². The summed E-state index contributed by atoms with van der Waals surface area (Å²) >= 11 is 2.98. The van der Waals surface area contributed by atoms with Gasteiger partial charge in [-0.05, 0) is 51.3 Å². The Balaban J connectivity index is 2.76. The Morgan fingerprint density at radius 2 is 1.78 bits per heavy atom.